The van der Waals surface area contributed by atoms with E-state index in [2.05, 4.69) is 28.2 Å². The highest BCUT2D eigenvalue weighted by molar-refractivity contribution is 6.31. The van der Waals surface area contributed by atoms with Crippen LogP contribution in [0.5, 0.6) is 5.75 Å². The Bertz CT molecular complexity index is 1420. The summed E-state index contributed by atoms with van der Waals surface area (Å²) in [6.07, 6.45) is 3.08. The molecule has 6 rings (SSSR count). The van der Waals surface area contributed by atoms with Crippen molar-refractivity contribution in [2.24, 2.45) is 0 Å². The molecule has 6 nitrogen and oxygen atoms in total. The number of fused-ring (bicyclic) bond motifs is 3. The number of hydrogen-bond donors (Lipinski definition) is 0. The van der Waals surface area contributed by atoms with Gasteiger partial charge in [0.05, 0.1) is 22.8 Å². The monoisotopic (exact) mass is 442 g/mol. The van der Waals surface area contributed by atoms with E-state index >= 15 is 0 Å². The molecular weight excluding hydrogens is 424 g/mol. The fraction of sp³-hybridized carbons (Fsp3) is 0.240. The molecular formula is C25H19ClN4O2. The van der Waals surface area contributed by atoms with Gasteiger partial charge in [-0.05, 0) is 42.9 Å². The van der Waals surface area contributed by atoms with Gasteiger partial charge in [0.25, 0.3) is 0 Å². The second-order valence-electron chi connectivity index (χ2n) is 8.41. The highest BCUT2D eigenvalue weighted by atomic mass is 35.5. The Morgan fingerprint density at radius 1 is 1.19 bits per heavy atom. The lowest BCUT2D eigenvalue weighted by Gasteiger charge is -2.22. The third-order valence-electron chi connectivity index (χ3n) is 6.31. The number of hydrogen-bond acceptors (Lipinski definition) is 6. The first kappa shape index (κ1) is 19.3. The lowest BCUT2D eigenvalue weighted by atomic mass is 9.96. The second kappa shape index (κ2) is 7.33. The van der Waals surface area contributed by atoms with Crippen LogP contribution >= 0.6 is 11.6 Å². The first-order valence-electron chi connectivity index (χ1n) is 10.5. The van der Waals surface area contributed by atoms with Crippen LogP contribution in [-0.4, -0.2) is 28.6 Å². The molecule has 0 spiro atoms. The van der Waals surface area contributed by atoms with E-state index < -0.39 is 0 Å². The molecule has 2 aliphatic heterocycles. The topological polar surface area (TPSA) is 75.2 Å². The predicted molar refractivity (Wildman–Crippen MR) is 121 cm³/mol. The summed E-state index contributed by atoms with van der Waals surface area (Å²) < 4.78 is 12.3. The molecule has 0 saturated heterocycles. The number of ether oxygens (including phenoxy) is 1. The zero-order valence-corrected chi connectivity index (χ0v) is 18.2. The molecule has 4 heterocycles. The van der Waals surface area contributed by atoms with Gasteiger partial charge in [-0.25, -0.2) is 0 Å². The molecule has 0 fully saturated rings. The second-order valence-corrected chi connectivity index (χ2v) is 8.85. The summed E-state index contributed by atoms with van der Waals surface area (Å²) in [4.78, 5) is 6.72. The molecule has 2 aliphatic rings. The van der Waals surface area contributed by atoms with Gasteiger partial charge < -0.3 is 14.2 Å². The van der Waals surface area contributed by atoms with Crippen molar-refractivity contribution in [2.75, 3.05) is 13.6 Å². The maximum atomic E-state index is 9.23. The molecule has 32 heavy (non-hydrogen) atoms. The van der Waals surface area contributed by atoms with E-state index in [0.29, 0.717) is 17.0 Å². The number of likely N-dealkylation sites (N-methyl/N-ethyl adjacent to an activating group) is 1. The van der Waals surface area contributed by atoms with Crippen molar-refractivity contribution in [3.05, 3.63) is 75.8 Å². The van der Waals surface area contributed by atoms with E-state index in [1.54, 1.807) is 18.3 Å². The molecule has 0 saturated carbocycles. The summed E-state index contributed by atoms with van der Waals surface area (Å²) in [5.41, 5.74) is 6.44. The van der Waals surface area contributed by atoms with Crippen LogP contribution < -0.4 is 4.74 Å². The van der Waals surface area contributed by atoms with Crippen LogP contribution in [0.4, 0.5) is 0 Å². The Kier molecular flexibility index (Phi) is 4.42. The summed E-state index contributed by atoms with van der Waals surface area (Å²) in [6.45, 7) is 1.79. The van der Waals surface area contributed by atoms with Crippen LogP contribution in [0.2, 0.25) is 5.02 Å². The van der Waals surface area contributed by atoms with Gasteiger partial charge in [-0.2, -0.15) is 5.26 Å². The van der Waals surface area contributed by atoms with Gasteiger partial charge in [0.2, 0.25) is 0 Å². The fourth-order valence-corrected chi connectivity index (χ4v) is 4.99. The highest BCUT2D eigenvalue weighted by Crippen LogP contribution is 2.47. The van der Waals surface area contributed by atoms with Crippen LogP contribution in [0.25, 0.3) is 22.0 Å². The molecule has 0 aliphatic carbocycles. The summed E-state index contributed by atoms with van der Waals surface area (Å²) in [5.74, 6) is 1.62. The van der Waals surface area contributed by atoms with Crippen molar-refractivity contribution < 1.29 is 9.26 Å². The third-order valence-corrected chi connectivity index (χ3v) is 6.53. The van der Waals surface area contributed by atoms with E-state index in [1.807, 2.05) is 24.3 Å². The zero-order chi connectivity index (χ0) is 21.8. The molecule has 0 amide bonds. The number of rotatable bonds is 2. The Balaban J connectivity index is 1.45. The van der Waals surface area contributed by atoms with Crippen LogP contribution in [0.1, 0.15) is 34.2 Å². The zero-order valence-electron chi connectivity index (χ0n) is 17.4. The molecule has 0 N–H and O–H groups in total. The SMILES string of the molecule is CN1CCc2noc([C@H]3Cc4cc(Cl)cc(-c5ccnc6cc(C#N)ccc56)c4O3)c2C1. The van der Waals surface area contributed by atoms with Crippen LogP contribution in [-0.2, 0) is 19.4 Å². The van der Waals surface area contributed by atoms with Gasteiger partial charge in [0.1, 0.15) is 5.75 Å². The Morgan fingerprint density at radius 3 is 2.97 bits per heavy atom. The number of halogens is 1. The molecule has 0 bridgehead atoms. The van der Waals surface area contributed by atoms with E-state index in [4.69, 9.17) is 20.9 Å². The number of aromatic nitrogens is 2. The summed E-state index contributed by atoms with van der Waals surface area (Å²) in [6, 6.07) is 13.6. The van der Waals surface area contributed by atoms with E-state index in [0.717, 1.165) is 69.9 Å². The Morgan fingerprint density at radius 2 is 2.09 bits per heavy atom. The van der Waals surface area contributed by atoms with Gasteiger partial charge in [-0.15, -0.1) is 0 Å². The fourth-order valence-electron chi connectivity index (χ4n) is 4.74. The molecule has 4 aromatic rings. The molecule has 2 aromatic heterocycles. The maximum Gasteiger partial charge on any atom is 0.182 e. The Labute approximate surface area is 190 Å². The number of nitrogens with zero attached hydrogens (tertiary/aromatic N) is 4. The predicted octanol–water partition coefficient (Wildman–Crippen LogP) is 5.08. The average molecular weight is 443 g/mol. The highest BCUT2D eigenvalue weighted by Gasteiger charge is 2.35. The molecule has 1 atom stereocenters. The largest absolute Gasteiger partial charge is 0.481 e. The van der Waals surface area contributed by atoms with E-state index in [-0.39, 0.29) is 6.10 Å². The van der Waals surface area contributed by atoms with Crippen LogP contribution in [0.3, 0.4) is 0 Å². The van der Waals surface area contributed by atoms with Crippen molar-refractivity contribution in [2.45, 2.75) is 25.5 Å². The summed E-state index contributed by atoms with van der Waals surface area (Å²) in [7, 11) is 2.11. The first-order valence-corrected chi connectivity index (χ1v) is 10.9. The minimum absolute atomic E-state index is 0.233. The number of pyridine rings is 1. The minimum atomic E-state index is -0.233. The smallest absolute Gasteiger partial charge is 0.182 e. The van der Waals surface area contributed by atoms with Gasteiger partial charge in [0, 0.05) is 59.2 Å². The van der Waals surface area contributed by atoms with Crippen molar-refractivity contribution in [3.63, 3.8) is 0 Å². The number of benzene rings is 2. The normalized spacial score (nSPS) is 17.6. The lowest BCUT2D eigenvalue weighted by Crippen LogP contribution is -2.27. The van der Waals surface area contributed by atoms with E-state index in [1.165, 1.54) is 0 Å². The van der Waals surface area contributed by atoms with Crippen molar-refractivity contribution in [3.8, 4) is 22.9 Å². The first-order chi connectivity index (χ1) is 15.6. The van der Waals surface area contributed by atoms with Crippen LogP contribution in [0.15, 0.2) is 47.1 Å². The lowest BCUT2D eigenvalue weighted by molar-refractivity contribution is 0.187. The average Bonchev–Trinajstić information content (AvgIpc) is 3.41. The van der Waals surface area contributed by atoms with Crippen LogP contribution in [0, 0.1) is 11.3 Å². The molecule has 7 heteroatoms. The maximum absolute atomic E-state index is 9.23. The molecule has 158 valence electrons. The minimum Gasteiger partial charge on any atom is -0.481 e. The van der Waals surface area contributed by atoms with Gasteiger partial charge in [0.15, 0.2) is 11.9 Å². The molecule has 2 aromatic carbocycles. The van der Waals surface area contributed by atoms with Gasteiger partial charge in [-0.1, -0.05) is 22.8 Å². The third kappa shape index (κ3) is 3.05. The quantitative estimate of drug-likeness (QED) is 0.431. The number of nitriles is 1. The van der Waals surface area contributed by atoms with Gasteiger partial charge >= 0.3 is 0 Å². The van der Waals surface area contributed by atoms with Crippen molar-refractivity contribution >= 4 is 22.5 Å². The standard InChI is InChI=1S/C25H19ClN4O2/c1-30-7-5-21-20(13-30)25(32-29-21)23-10-15-9-16(26)11-19(24(15)31-23)17-4-6-28-22-8-14(12-27)2-3-18(17)22/h2-4,6,8-9,11,23H,5,7,10,13H2,1H3/t23-/m1/s1. The van der Waals surface area contributed by atoms with Gasteiger partial charge in [-0.3, -0.25) is 4.98 Å². The van der Waals surface area contributed by atoms with Crippen molar-refractivity contribution in [1.29, 1.82) is 5.26 Å². The molecule has 0 radical (unpaired) electrons. The Hall–Kier alpha value is -3.40. The summed E-state index contributed by atoms with van der Waals surface area (Å²) >= 11 is 6.53. The summed E-state index contributed by atoms with van der Waals surface area (Å²) in [5, 5.41) is 15.1. The van der Waals surface area contributed by atoms with Crippen molar-refractivity contribution in [1.82, 2.24) is 15.0 Å². The van der Waals surface area contributed by atoms with E-state index in [9.17, 15) is 5.26 Å². The molecule has 0 unspecified atom stereocenters.